The van der Waals surface area contributed by atoms with Gasteiger partial charge in [-0.25, -0.2) is 0 Å². The Bertz CT molecular complexity index is 369. The van der Waals surface area contributed by atoms with Gasteiger partial charge in [0.1, 0.15) is 0 Å². The number of benzene rings is 1. The quantitative estimate of drug-likeness (QED) is 0.877. The number of likely N-dealkylation sites (tertiary alicyclic amines) is 1. The predicted octanol–water partition coefficient (Wildman–Crippen LogP) is 3.55. The summed E-state index contributed by atoms with van der Waals surface area (Å²) in [6.45, 7) is 8.93. The van der Waals surface area contributed by atoms with Crippen LogP contribution in [0.4, 0.5) is 0 Å². The van der Waals surface area contributed by atoms with Gasteiger partial charge in [0.25, 0.3) is 0 Å². The molecule has 1 aromatic carbocycles. The minimum atomic E-state index is 0.625. The minimum Gasteiger partial charge on any atom is -0.326 e. The van der Waals surface area contributed by atoms with Crippen molar-refractivity contribution in [1.29, 1.82) is 0 Å². The fourth-order valence-electron chi connectivity index (χ4n) is 3.18. The van der Waals surface area contributed by atoms with Crippen molar-refractivity contribution in [3.63, 3.8) is 0 Å². The molecule has 0 aliphatic carbocycles. The zero-order chi connectivity index (χ0) is 13.7. The first-order chi connectivity index (χ1) is 9.21. The van der Waals surface area contributed by atoms with E-state index in [1.54, 1.807) is 0 Å². The molecule has 2 heteroatoms. The second-order valence-electron chi connectivity index (χ2n) is 6.00. The molecular weight excluding hydrogens is 232 g/mol. The summed E-state index contributed by atoms with van der Waals surface area (Å²) in [4.78, 5) is 2.60. The molecule has 0 saturated carbocycles. The molecule has 2 rings (SSSR count). The number of hydrogen-bond donors (Lipinski definition) is 1. The Morgan fingerprint density at radius 3 is 2.00 bits per heavy atom. The van der Waals surface area contributed by atoms with Gasteiger partial charge < -0.3 is 5.73 Å². The van der Waals surface area contributed by atoms with Crippen LogP contribution in [0, 0.1) is 5.41 Å². The van der Waals surface area contributed by atoms with Gasteiger partial charge in [0.15, 0.2) is 0 Å². The van der Waals surface area contributed by atoms with E-state index < -0.39 is 0 Å². The first kappa shape index (κ1) is 14.5. The van der Waals surface area contributed by atoms with Crippen molar-refractivity contribution in [2.75, 3.05) is 13.1 Å². The molecule has 2 nitrogen and oxygen atoms in total. The van der Waals surface area contributed by atoms with Gasteiger partial charge in [-0.2, -0.15) is 0 Å². The summed E-state index contributed by atoms with van der Waals surface area (Å²) in [5.74, 6) is 0. The predicted molar refractivity (Wildman–Crippen MR) is 81.9 cm³/mol. The van der Waals surface area contributed by atoms with Gasteiger partial charge in [0.05, 0.1) is 0 Å². The molecule has 0 spiro atoms. The fourth-order valence-corrected chi connectivity index (χ4v) is 3.18. The maximum atomic E-state index is 5.63. The van der Waals surface area contributed by atoms with Crippen molar-refractivity contribution >= 4 is 0 Å². The highest BCUT2D eigenvalue weighted by atomic mass is 15.1. The average Bonchev–Trinajstić information content (AvgIpc) is 2.49. The zero-order valence-electron chi connectivity index (χ0n) is 12.5. The Kier molecular flexibility index (Phi) is 5.00. The second kappa shape index (κ2) is 6.53. The van der Waals surface area contributed by atoms with Gasteiger partial charge in [0, 0.05) is 13.1 Å². The number of piperidine rings is 1. The fraction of sp³-hybridized carbons (Fsp3) is 0.647. The molecule has 1 aliphatic heterocycles. The summed E-state index contributed by atoms with van der Waals surface area (Å²) in [5, 5.41) is 0. The van der Waals surface area contributed by atoms with Gasteiger partial charge in [-0.3, -0.25) is 4.90 Å². The summed E-state index contributed by atoms with van der Waals surface area (Å²) >= 11 is 0. The second-order valence-corrected chi connectivity index (χ2v) is 6.00. The molecule has 2 N–H and O–H groups in total. The van der Waals surface area contributed by atoms with E-state index in [0.29, 0.717) is 12.0 Å². The highest BCUT2D eigenvalue weighted by Gasteiger charge is 2.30. The summed E-state index contributed by atoms with van der Waals surface area (Å²) < 4.78 is 0. The van der Waals surface area contributed by atoms with Crippen LogP contribution in [0.5, 0.6) is 0 Å². The van der Waals surface area contributed by atoms with Crippen LogP contribution in [0.3, 0.4) is 0 Å². The highest BCUT2D eigenvalue weighted by molar-refractivity contribution is 5.22. The third-order valence-corrected chi connectivity index (χ3v) is 5.08. The van der Waals surface area contributed by atoms with E-state index in [4.69, 9.17) is 5.73 Å². The Balaban J connectivity index is 1.88. The third kappa shape index (κ3) is 3.58. The van der Waals surface area contributed by atoms with Crippen molar-refractivity contribution < 1.29 is 0 Å². The van der Waals surface area contributed by atoms with Crippen molar-refractivity contribution in [3.8, 4) is 0 Å². The third-order valence-electron chi connectivity index (χ3n) is 5.08. The van der Waals surface area contributed by atoms with Gasteiger partial charge in [0.2, 0.25) is 0 Å². The van der Waals surface area contributed by atoms with E-state index in [0.717, 1.165) is 6.54 Å². The molecule has 1 fully saturated rings. The molecule has 0 radical (unpaired) electrons. The summed E-state index contributed by atoms with van der Waals surface area (Å²) in [6.07, 6.45) is 5.40. The lowest BCUT2D eigenvalue weighted by molar-refractivity contribution is 0.0909. The van der Waals surface area contributed by atoms with Crippen LogP contribution in [0.2, 0.25) is 0 Å². The zero-order valence-corrected chi connectivity index (χ0v) is 12.5. The number of rotatable bonds is 5. The SMILES string of the molecule is CCC1(CC)CCN(Cc2ccc(CN)cc2)CC1. The minimum absolute atomic E-state index is 0.625. The summed E-state index contributed by atoms with van der Waals surface area (Å²) in [7, 11) is 0. The molecule has 106 valence electrons. The van der Waals surface area contributed by atoms with E-state index in [9.17, 15) is 0 Å². The van der Waals surface area contributed by atoms with Crippen LogP contribution in [0.1, 0.15) is 50.7 Å². The lowest BCUT2D eigenvalue weighted by atomic mass is 9.74. The number of nitrogens with two attached hydrogens (primary N) is 1. The topological polar surface area (TPSA) is 29.3 Å². The number of hydrogen-bond acceptors (Lipinski definition) is 2. The van der Waals surface area contributed by atoms with Crippen molar-refractivity contribution in [2.24, 2.45) is 11.1 Å². The van der Waals surface area contributed by atoms with Gasteiger partial charge in [-0.15, -0.1) is 0 Å². The van der Waals surface area contributed by atoms with Crippen LogP contribution in [0.15, 0.2) is 24.3 Å². The molecule has 0 atom stereocenters. The van der Waals surface area contributed by atoms with Crippen LogP contribution >= 0.6 is 0 Å². The van der Waals surface area contributed by atoms with E-state index in [1.165, 1.54) is 49.9 Å². The molecule has 0 aromatic heterocycles. The Morgan fingerprint density at radius 2 is 1.53 bits per heavy atom. The Hall–Kier alpha value is -0.860. The van der Waals surface area contributed by atoms with Crippen LogP contribution in [-0.4, -0.2) is 18.0 Å². The van der Waals surface area contributed by atoms with E-state index in [-0.39, 0.29) is 0 Å². The highest BCUT2D eigenvalue weighted by Crippen LogP contribution is 2.38. The van der Waals surface area contributed by atoms with Crippen LogP contribution in [0.25, 0.3) is 0 Å². The van der Waals surface area contributed by atoms with Gasteiger partial charge >= 0.3 is 0 Å². The lowest BCUT2D eigenvalue weighted by Crippen LogP contribution is -2.39. The van der Waals surface area contributed by atoms with E-state index >= 15 is 0 Å². The molecule has 1 aliphatic rings. The summed E-state index contributed by atoms with van der Waals surface area (Å²) in [5.41, 5.74) is 8.89. The molecule has 1 saturated heterocycles. The van der Waals surface area contributed by atoms with Crippen LogP contribution < -0.4 is 5.73 Å². The lowest BCUT2D eigenvalue weighted by Gasteiger charge is -2.41. The Morgan fingerprint density at radius 1 is 1.00 bits per heavy atom. The van der Waals surface area contributed by atoms with Crippen molar-refractivity contribution in [1.82, 2.24) is 4.90 Å². The van der Waals surface area contributed by atoms with E-state index in [2.05, 4.69) is 43.0 Å². The number of nitrogens with zero attached hydrogens (tertiary/aromatic N) is 1. The average molecular weight is 260 g/mol. The molecular formula is C17H28N2. The maximum absolute atomic E-state index is 5.63. The molecule has 0 bridgehead atoms. The standard InChI is InChI=1S/C17H28N2/c1-3-17(4-2)9-11-19(12-10-17)14-16-7-5-15(13-18)6-8-16/h5-8H,3-4,9-14,18H2,1-2H3. The monoisotopic (exact) mass is 260 g/mol. The van der Waals surface area contributed by atoms with Crippen molar-refractivity contribution in [3.05, 3.63) is 35.4 Å². The molecule has 1 heterocycles. The smallest absolute Gasteiger partial charge is 0.0233 e. The van der Waals surface area contributed by atoms with Crippen LogP contribution in [-0.2, 0) is 13.1 Å². The van der Waals surface area contributed by atoms with Gasteiger partial charge in [-0.05, 0) is 42.5 Å². The first-order valence-electron chi connectivity index (χ1n) is 7.71. The van der Waals surface area contributed by atoms with Crippen molar-refractivity contribution in [2.45, 2.75) is 52.6 Å². The van der Waals surface area contributed by atoms with E-state index in [1.807, 2.05) is 0 Å². The molecule has 1 aromatic rings. The Labute approximate surface area is 118 Å². The largest absolute Gasteiger partial charge is 0.326 e. The first-order valence-corrected chi connectivity index (χ1v) is 7.71. The molecule has 0 unspecified atom stereocenters. The maximum Gasteiger partial charge on any atom is 0.0233 e. The molecule has 19 heavy (non-hydrogen) atoms. The summed E-state index contributed by atoms with van der Waals surface area (Å²) in [6, 6.07) is 8.76. The van der Waals surface area contributed by atoms with Gasteiger partial charge in [-0.1, -0.05) is 51.0 Å². The molecule has 0 amide bonds. The normalized spacial score (nSPS) is 19.5.